The summed E-state index contributed by atoms with van der Waals surface area (Å²) in [6.45, 7) is 5.19. The lowest BCUT2D eigenvalue weighted by Gasteiger charge is -2.34. The molecule has 1 aliphatic rings. The normalized spacial score (nSPS) is 20.6. The molecule has 1 aliphatic heterocycles. The Balaban J connectivity index is 1.62. The maximum absolute atomic E-state index is 13.1. The van der Waals surface area contributed by atoms with Crippen LogP contribution in [0.4, 0.5) is 0 Å². The van der Waals surface area contributed by atoms with E-state index in [0.717, 1.165) is 16.6 Å². The van der Waals surface area contributed by atoms with Crippen molar-refractivity contribution in [2.24, 2.45) is 23.9 Å². The average molecular weight is 474 g/mol. The molecule has 170 valence electrons. The second-order valence-corrected chi connectivity index (χ2v) is 11.4. The summed E-state index contributed by atoms with van der Waals surface area (Å²) in [6.07, 6.45) is 1.03. The molecule has 0 aliphatic carbocycles. The van der Waals surface area contributed by atoms with Gasteiger partial charge in [-0.1, -0.05) is 31.3 Å². The Kier molecular flexibility index (Phi) is 6.24. The minimum Gasteiger partial charge on any atom is -0.495 e. The number of piperidine rings is 1. The predicted molar refractivity (Wildman–Crippen MR) is 125 cm³/mol. The summed E-state index contributed by atoms with van der Waals surface area (Å²) in [7, 11) is -0.142. The number of sulfonamides is 1. The van der Waals surface area contributed by atoms with Gasteiger partial charge in [0.2, 0.25) is 10.0 Å². The molecule has 1 fully saturated rings. The van der Waals surface area contributed by atoms with Gasteiger partial charge in [0.1, 0.15) is 11.3 Å². The Bertz CT molecular complexity index is 1310. The van der Waals surface area contributed by atoms with Crippen LogP contribution in [-0.4, -0.2) is 43.4 Å². The van der Waals surface area contributed by atoms with Crippen molar-refractivity contribution < 1.29 is 17.9 Å². The van der Waals surface area contributed by atoms with Crippen molar-refractivity contribution in [2.45, 2.75) is 25.2 Å². The zero-order valence-corrected chi connectivity index (χ0v) is 20.2. The molecule has 0 radical (unpaired) electrons. The molecule has 0 bridgehead atoms. The van der Waals surface area contributed by atoms with E-state index in [9.17, 15) is 13.2 Å². The Hall–Kier alpha value is -2.49. The molecule has 2 unspecified atom stereocenters. The van der Waals surface area contributed by atoms with Gasteiger partial charge >= 0.3 is 0 Å². The first-order valence-corrected chi connectivity index (χ1v) is 12.8. The molecule has 0 spiro atoms. The first kappa shape index (κ1) is 22.7. The van der Waals surface area contributed by atoms with E-state index >= 15 is 0 Å². The molecule has 2 atom stereocenters. The highest BCUT2D eigenvalue weighted by Gasteiger charge is 2.31. The van der Waals surface area contributed by atoms with E-state index in [0.29, 0.717) is 41.0 Å². The molecule has 2 heterocycles. The Morgan fingerprint density at radius 2 is 1.75 bits per heavy atom. The number of methoxy groups -OCH3 is 1. The standard InChI is InChI=1S/C23H27N3O4S2/c1-15-12-16(2)14-26(13-15)32(28,29)18-10-8-17(9-11-18)22(27)24-23-25(3)21-19(30-4)6-5-7-20(21)31-23/h5-11,15-16H,12-14H2,1-4H3. The van der Waals surface area contributed by atoms with Crippen LogP contribution in [0.15, 0.2) is 52.4 Å². The fourth-order valence-electron chi connectivity index (χ4n) is 4.31. The van der Waals surface area contributed by atoms with Crippen molar-refractivity contribution in [2.75, 3.05) is 20.2 Å². The predicted octanol–water partition coefficient (Wildman–Crippen LogP) is 3.66. The summed E-state index contributed by atoms with van der Waals surface area (Å²) in [5.41, 5.74) is 1.21. The van der Waals surface area contributed by atoms with Gasteiger partial charge in [-0.05, 0) is 54.7 Å². The number of hydrogen-bond acceptors (Lipinski definition) is 5. The third-order valence-electron chi connectivity index (χ3n) is 5.78. The topological polar surface area (TPSA) is 81.0 Å². The molecule has 1 amide bonds. The van der Waals surface area contributed by atoms with E-state index < -0.39 is 15.9 Å². The van der Waals surface area contributed by atoms with Gasteiger partial charge < -0.3 is 9.30 Å². The summed E-state index contributed by atoms with van der Waals surface area (Å²) < 4.78 is 35.9. The van der Waals surface area contributed by atoms with Gasteiger partial charge in [-0.25, -0.2) is 8.42 Å². The van der Waals surface area contributed by atoms with Crippen molar-refractivity contribution in [3.63, 3.8) is 0 Å². The van der Waals surface area contributed by atoms with Gasteiger partial charge in [-0.2, -0.15) is 9.30 Å². The van der Waals surface area contributed by atoms with Crippen LogP contribution in [0.25, 0.3) is 10.2 Å². The minimum atomic E-state index is -3.59. The quantitative estimate of drug-likeness (QED) is 0.579. The Morgan fingerprint density at radius 3 is 2.38 bits per heavy atom. The summed E-state index contributed by atoms with van der Waals surface area (Å²) in [5.74, 6) is 0.948. The van der Waals surface area contributed by atoms with Crippen LogP contribution in [0.2, 0.25) is 0 Å². The van der Waals surface area contributed by atoms with Crippen LogP contribution < -0.4 is 9.54 Å². The monoisotopic (exact) mass is 473 g/mol. The van der Waals surface area contributed by atoms with E-state index in [1.165, 1.54) is 35.6 Å². The van der Waals surface area contributed by atoms with Gasteiger partial charge in [0.15, 0.2) is 4.80 Å². The number of thiazole rings is 1. The van der Waals surface area contributed by atoms with Gasteiger partial charge in [0.05, 0.1) is 16.7 Å². The zero-order chi connectivity index (χ0) is 23.0. The lowest BCUT2D eigenvalue weighted by Crippen LogP contribution is -2.42. The fraction of sp³-hybridized carbons (Fsp3) is 0.391. The van der Waals surface area contributed by atoms with Gasteiger partial charge in [0.25, 0.3) is 5.91 Å². The van der Waals surface area contributed by atoms with Crippen molar-refractivity contribution in [3.05, 3.63) is 52.8 Å². The van der Waals surface area contributed by atoms with E-state index in [1.54, 1.807) is 11.4 Å². The number of aromatic nitrogens is 1. The van der Waals surface area contributed by atoms with Gasteiger partial charge in [-0.3, -0.25) is 4.79 Å². The summed E-state index contributed by atoms with van der Waals surface area (Å²) in [4.78, 5) is 17.8. The number of hydrogen-bond donors (Lipinski definition) is 0. The van der Waals surface area contributed by atoms with Crippen LogP contribution >= 0.6 is 11.3 Å². The molecule has 1 saturated heterocycles. The summed E-state index contributed by atoms with van der Waals surface area (Å²) in [5, 5.41) is 0. The molecule has 0 saturated carbocycles. The molecule has 3 aromatic rings. The number of benzene rings is 2. The Labute approximate surface area is 192 Å². The van der Waals surface area contributed by atoms with Crippen LogP contribution in [0.1, 0.15) is 30.6 Å². The van der Waals surface area contributed by atoms with Crippen LogP contribution in [0, 0.1) is 11.8 Å². The molecule has 1 aromatic heterocycles. The highest BCUT2D eigenvalue weighted by molar-refractivity contribution is 7.89. The number of carbonyl (C=O) groups excluding carboxylic acids is 1. The second-order valence-electron chi connectivity index (χ2n) is 8.46. The maximum Gasteiger partial charge on any atom is 0.279 e. The number of rotatable bonds is 4. The number of nitrogens with zero attached hydrogens (tertiary/aromatic N) is 3. The van der Waals surface area contributed by atoms with Crippen LogP contribution in [0.5, 0.6) is 5.75 Å². The summed E-state index contributed by atoms with van der Waals surface area (Å²) in [6, 6.07) is 11.8. The third-order valence-corrected chi connectivity index (χ3v) is 8.72. The van der Waals surface area contributed by atoms with Crippen molar-refractivity contribution in [3.8, 4) is 5.75 Å². The first-order chi connectivity index (χ1) is 15.2. The maximum atomic E-state index is 13.1. The molecule has 2 aromatic carbocycles. The van der Waals surface area contributed by atoms with E-state index in [-0.39, 0.29) is 4.90 Å². The molecule has 4 rings (SSSR count). The second kappa shape index (κ2) is 8.80. The van der Waals surface area contributed by atoms with Crippen LogP contribution in [0.3, 0.4) is 0 Å². The number of fused-ring (bicyclic) bond motifs is 1. The van der Waals surface area contributed by atoms with Crippen molar-refractivity contribution in [1.82, 2.24) is 8.87 Å². The van der Waals surface area contributed by atoms with Crippen molar-refractivity contribution in [1.29, 1.82) is 0 Å². The highest BCUT2D eigenvalue weighted by Crippen LogP contribution is 2.28. The van der Waals surface area contributed by atoms with E-state index in [4.69, 9.17) is 4.74 Å². The molecule has 9 heteroatoms. The molecule has 32 heavy (non-hydrogen) atoms. The number of ether oxygens (including phenoxy) is 1. The lowest BCUT2D eigenvalue weighted by atomic mass is 9.94. The minimum absolute atomic E-state index is 0.201. The highest BCUT2D eigenvalue weighted by atomic mass is 32.2. The molecular formula is C23H27N3O4S2. The molecular weight excluding hydrogens is 446 g/mol. The number of para-hydroxylation sites is 1. The van der Waals surface area contributed by atoms with E-state index in [1.807, 2.05) is 29.8 Å². The molecule has 0 N–H and O–H groups in total. The average Bonchev–Trinajstić information content (AvgIpc) is 3.08. The number of amides is 1. The lowest BCUT2D eigenvalue weighted by molar-refractivity contribution is 0.0998. The third kappa shape index (κ3) is 4.24. The van der Waals surface area contributed by atoms with Gasteiger partial charge in [0, 0.05) is 25.7 Å². The summed E-state index contributed by atoms with van der Waals surface area (Å²) >= 11 is 1.40. The first-order valence-electron chi connectivity index (χ1n) is 10.5. The smallest absolute Gasteiger partial charge is 0.279 e. The largest absolute Gasteiger partial charge is 0.495 e. The zero-order valence-electron chi connectivity index (χ0n) is 18.6. The Morgan fingerprint density at radius 1 is 1.09 bits per heavy atom. The van der Waals surface area contributed by atoms with Gasteiger partial charge in [-0.15, -0.1) is 0 Å². The SMILES string of the molecule is COc1cccc2sc(=NC(=O)c3ccc(S(=O)(=O)N4CC(C)CC(C)C4)cc3)n(C)c12. The van der Waals surface area contributed by atoms with Crippen molar-refractivity contribution >= 4 is 37.5 Å². The van der Waals surface area contributed by atoms with E-state index in [2.05, 4.69) is 18.8 Å². The van der Waals surface area contributed by atoms with Crippen LogP contribution in [-0.2, 0) is 17.1 Å². The molecule has 7 nitrogen and oxygen atoms in total. The fourth-order valence-corrected chi connectivity index (χ4v) is 7.03. The number of aryl methyl sites for hydroxylation is 1. The number of carbonyl (C=O) groups is 1.